The van der Waals surface area contributed by atoms with Crippen LogP contribution in [0.1, 0.15) is 27.2 Å². The molecule has 1 aromatic carbocycles. The van der Waals surface area contributed by atoms with Gasteiger partial charge in [-0.1, -0.05) is 11.6 Å². The summed E-state index contributed by atoms with van der Waals surface area (Å²) in [7, 11) is 0. The average molecular weight is 314 g/mol. The first-order valence-electron chi connectivity index (χ1n) is 6.74. The fraction of sp³-hybridized carbons (Fsp3) is 0.188. The number of anilines is 1. The molecule has 3 rings (SSSR count). The summed E-state index contributed by atoms with van der Waals surface area (Å²) in [4.78, 5) is 17.0. The Balaban J connectivity index is 1.94. The van der Waals surface area contributed by atoms with Gasteiger partial charge in [0.25, 0.3) is 0 Å². The molecule has 0 aliphatic carbocycles. The third-order valence-corrected chi connectivity index (χ3v) is 3.97. The number of carboxylic acids is 1. The summed E-state index contributed by atoms with van der Waals surface area (Å²) in [5, 5.41) is 18.8. The highest BCUT2D eigenvalue weighted by Gasteiger charge is 2.21. The molecule has 0 bridgehead atoms. The Kier molecular flexibility index (Phi) is 3.70. The van der Waals surface area contributed by atoms with Crippen LogP contribution in [0.3, 0.4) is 0 Å². The minimum absolute atomic E-state index is 0.0627. The molecule has 0 radical (unpaired) electrons. The summed E-state index contributed by atoms with van der Waals surface area (Å²) in [6.45, 7) is 1.28. The van der Waals surface area contributed by atoms with E-state index in [1.807, 2.05) is 0 Å². The van der Waals surface area contributed by atoms with Gasteiger partial charge in [-0.05, 0) is 41.8 Å². The Morgan fingerprint density at radius 2 is 2.18 bits per heavy atom. The van der Waals surface area contributed by atoms with E-state index in [9.17, 15) is 10.1 Å². The molecule has 1 aromatic heterocycles. The summed E-state index contributed by atoms with van der Waals surface area (Å²) in [6, 6.07) is 8.98. The Hall–Kier alpha value is -2.58. The molecule has 2 heterocycles. The molecule has 0 saturated heterocycles. The van der Waals surface area contributed by atoms with Crippen LogP contribution in [-0.2, 0) is 13.0 Å². The predicted octanol–water partition coefficient (Wildman–Crippen LogP) is 2.87. The highest BCUT2D eigenvalue weighted by molar-refractivity contribution is 6.30. The van der Waals surface area contributed by atoms with Crippen molar-refractivity contribution < 1.29 is 9.90 Å². The lowest BCUT2D eigenvalue weighted by molar-refractivity contribution is 0.0690. The minimum Gasteiger partial charge on any atom is -0.477 e. The monoisotopic (exact) mass is 313 g/mol. The van der Waals surface area contributed by atoms with Crippen LogP contribution in [0.5, 0.6) is 0 Å². The largest absolute Gasteiger partial charge is 0.477 e. The third kappa shape index (κ3) is 2.61. The second-order valence-electron chi connectivity index (χ2n) is 5.09. The van der Waals surface area contributed by atoms with Crippen molar-refractivity contribution in [3.05, 3.63) is 57.9 Å². The highest BCUT2D eigenvalue weighted by atomic mass is 35.5. The molecule has 2 aromatic rings. The third-order valence-electron chi connectivity index (χ3n) is 3.74. The predicted molar refractivity (Wildman–Crippen MR) is 82.1 cm³/mol. The fourth-order valence-electron chi connectivity index (χ4n) is 2.62. The van der Waals surface area contributed by atoms with Crippen LogP contribution < -0.4 is 4.90 Å². The van der Waals surface area contributed by atoms with Gasteiger partial charge in [-0.25, -0.2) is 9.78 Å². The first kappa shape index (κ1) is 14.4. The average Bonchev–Trinajstić information content (AvgIpc) is 2.53. The SMILES string of the molecule is N#Cc1ccc(Cl)cc1N1CCc2cc(C(=O)O)ncc2C1. The number of pyridine rings is 1. The van der Waals surface area contributed by atoms with E-state index in [0.29, 0.717) is 30.1 Å². The molecule has 22 heavy (non-hydrogen) atoms. The zero-order valence-corrected chi connectivity index (χ0v) is 12.3. The van der Waals surface area contributed by atoms with E-state index in [1.165, 1.54) is 0 Å². The van der Waals surface area contributed by atoms with Gasteiger partial charge in [-0.15, -0.1) is 0 Å². The lowest BCUT2D eigenvalue weighted by Gasteiger charge is -2.31. The van der Waals surface area contributed by atoms with Crippen LogP contribution >= 0.6 is 11.6 Å². The van der Waals surface area contributed by atoms with Gasteiger partial charge in [0.05, 0.1) is 11.3 Å². The number of aromatic nitrogens is 1. The van der Waals surface area contributed by atoms with Crippen molar-refractivity contribution in [1.82, 2.24) is 4.98 Å². The number of hydrogen-bond donors (Lipinski definition) is 1. The molecule has 0 spiro atoms. The van der Waals surface area contributed by atoms with Crippen LogP contribution in [0, 0.1) is 11.3 Å². The van der Waals surface area contributed by atoms with Crippen LogP contribution in [0.25, 0.3) is 0 Å². The standard InChI is InChI=1S/C16H12ClN3O2/c17-13-2-1-11(7-18)15(6-13)20-4-3-10-5-14(16(21)22)19-8-12(10)9-20/h1-2,5-6,8H,3-4,9H2,(H,21,22). The van der Waals surface area contributed by atoms with Crippen LogP contribution in [0.15, 0.2) is 30.5 Å². The summed E-state index contributed by atoms with van der Waals surface area (Å²) in [5.41, 5.74) is 3.39. The first-order valence-corrected chi connectivity index (χ1v) is 7.12. The summed E-state index contributed by atoms with van der Waals surface area (Å²) in [6.07, 6.45) is 2.30. The van der Waals surface area contributed by atoms with Crippen molar-refractivity contribution in [2.75, 3.05) is 11.4 Å². The topological polar surface area (TPSA) is 77.2 Å². The number of aromatic carboxylic acids is 1. The second-order valence-corrected chi connectivity index (χ2v) is 5.52. The van der Waals surface area contributed by atoms with Crippen molar-refractivity contribution in [3.8, 4) is 6.07 Å². The quantitative estimate of drug-likeness (QED) is 0.922. The Morgan fingerprint density at radius 3 is 2.91 bits per heavy atom. The van der Waals surface area contributed by atoms with Crippen molar-refractivity contribution >= 4 is 23.3 Å². The number of hydrogen-bond acceptors (Lipinski definition) is 4. The van der Waals surface area contributed by atoms with Gasteiger partial charge in [0, 0.05) is 24.3 Å². The maximum atomic E-state index is 11.0. The van der Waals surface area contributed by atoms with E-state index in [4.69, 9.17) is 16.7 Å². The van der Waals surface area contributed by atoms with Crippen LogP contribution in [0.2, 0.25) is 5.02 Å². The number of benzene rings is 1. The van der Waals surface area contributed by atoms with E-state index in [2.05, 4.69) is 16.0 Å². The number of rotatable bonds is 2. The van der Waals surface area contributed by atoms with Gasteiger partial charge in [-0.3, -0.25) is 0 Å². The fourth-order valence-corrected chi connectivity index (χ4v) is 2.79. The molecule has 0 fully saturated rings. The van der Waals surface area contributed by atoms with E-state index >= 15 is 0 Å². The van der Waals surface area contributed by atoms with E-state index in [0.717, 1.165) is 16.8 Å². The molecule has 0 atom stereocenters. The number of carboxylic acid groups (broad SMARTS) is 1. The molecular formula is C16H12ClN3O2. The Bertz CT molecular complexity index is 798. The van der Waals surface area contributed by atoms with E-state index < -0.39 is 5.97 Å². The van der Waals surface area contributed by atoms with Gasteiger partial charge < -0.3 is 10.0 Å². The molecule has 6 heteroatoms. The number of halogens is 1. The molecule has 1 aliphatic heterocycles. The van der Waals surface area contributed by atoms with Gasteiger partial charge >= 0.3 is 5.97 Å². The van der Waals surface area contributed by atoms with Gasteiger partial charge in [-0.2, -0.15) is 5.26 Å². The molecule has 1 N–H and O–H groups in total. The summed E-state index contributed by atoms with van der Waals surface area (Å²) in [5.74, 6) is -1.02. The molecule has 110 valence electrons. The van der Waals surface area contributed by atoms with Crippen LogP contribution in [-0.4, -0.2) is 22.6 Å². The van der Waals surface area contributed by atoms with Crippen molar-refractivity contribution in [2.45, 2.75) is 13.0 Å². The maximum absolute atomic E-state index is 11.0. The van der Waals surface area contributed by atoms with Crippen molar-refractivity contribution in [3.63, 3.8) is 0 Å². The smallest absolute Gasteiger partial charge is 0.354 e. The van der Waals surface area contributed by atoms with E-state index in [-0.39, 0.29) is 5.69 Å². The summed E-state index contributed by atoms with van der Waals surface area (Å²) < 4.78 is 0. The lowest BCUT2D eigenvalue weighted by Crippen LogP contribution is -2.31. The van der Waals surface area contributed by atoms with Crippen molar-refractivity contribution in [2.24, 2.45) is 0 Å². The van der Waals surface area contributed by atoms with Gasteiger partial charge in [0.2, 0.25) is 0 Å². The van der Waals surface area contributed by atoms with Gasteiger partial charge in [0.1, 0.15) is 11.8 Å². The zero-order chi connectivity index (χ0) is 15.7. The zero-order valence-electron chi connectivity index (χ0n) is 11.6. The molecule has 0 unspecified atom stereocenters. The number of carbonyl (C=O) groups is 1. The lowest BCUT2D eigenvalue weighted by atomic mass is 9.99. The molecule has 5 nitrogen and oxygen atoms in total. The molecule has 0 saturated carbocycles. The molecule has 1 aliphatic rings. The highest BCUT2D eigenvalue weighted by Crippen LogP contribution is 2.29. The number of nitriles is 1. The molecule has 0 amide bonds. The van der Waals surface area contributed by atoms with Gasteiger partial charge in [0.15, 0.2) is 0 Å². The van der Waals surface area contributed by atoms with Crippen LogP contribution in [0.4, 0.5) is 5.69 Å². The van der Waals surface area contributed by atoms with E-state index in [1.54, 1.807) is 30.5 Å². The first-order chi connectivity index (χ1) is 10.6. The Morgan fingerprint density at radius 1 is 1.36 bits per heavy atom. The second kappa shape index (κ2) is 5.66. The Labute approximate surface area is 132 Å². The number of fused-ring (bicyclic) bond motifs is 1. The number of nitrogens with zero attached hydrogens (tertiary/aromatic N) is 3. The maximum Gasteiger partial charge on any atom is 0.354 e. The minimum atomic E-state index is -1.02. The summed E-state index contributed by atoms with van der Waals surface area (Å²) >= 11 is 6.04. The molecular weight excluding hydrogens is 302 g/mol. The van der Waals surface area contributed by atoms with Crippen molar-refractivity contribution in [1.29, 1.82) is 5.26 Å². The normalized spacial score (nSPS) is 13.4.